The number of anilines is 1. The Bertz CT molecular complexity index is 710. The fourth-order valence-corrected chi connectivity index (χ4v) is 2.53. The summed E-state index contributed by atoms with van der Waals surface area (Å²) in [5.41, 5.74) is 7.05. The lowest BCUT2D eigenvalue weighted by Crippen LogP contribution is -2.09. The maximum Gasteiger partial charge on any atom is 0.230 e. The zero-order valence-electron chi connectivity index (χ0n) is 10.4. The Morgan fingerprint density at radius 1 is 1.37 bits per heavy atom. The minimum atomic E-state index is -3.31. The van der Waals surface area contributed by atoms with Gasteiger partial charge in [0.1, 0.15) is 10.9 Å². The summed E-state index contributed by atoms with van der Waals surface area (Å²) in [7, 11) is -3.31. The summed E-state index contributed by atoms with van der Waals surface area (Å²) in [6.07, 6.45) is 1.14. The van der Waals surface area contributed by atoms with E-state index in [4.69, 9.17) is 21.9 Å². The van der Waals surface area contributed by atoms with Crippen molar-refractivity contribution in [1.82, 2.24) is 5.16 Å². The van der Waals surface area contributed by atoms with Crippen LogP contribution in [0.4, 0.5) is 5.88 Å². The standard InChI is InChI=1S/C12H13ClN2O3S/c1-7(19(2,16)17)11-10(12(14)18-15-11)8-5-3-4-6-9(8)13/h3-7H,14H2,1-2H3. The highest BCUT2D eigenvalue weighted by Gasteiger charge is 2.28. The summed E-state index contributed by atoms with van der Waals surface area (Å²) in [5.74, 6) is 0.0543. The first-order chi connectivity index (χ1) is 8.82. The minimum absolute atomic E-state index is 0.0543. The number of sulfone groups is 1. The topological polar surface area (TPSA) is 86.2 Å². The smallest absolute Gasteiger partial charge is 0.230 e. The number of hydrogen-bond donors (Lipinski definition) is 1. The first-order valence-electron chi connectivity index (χ1n) is 5.51. The van der Waals surface area contributed by atoms with Crippen molar-refractivity contribution >= 4 is 27.3 Å². The third kappa shape index (κ3) is 2.59. The first-order valence-corrected chi connectivity index (χ1v) is 7.84. The van der Waals surface area contributed by atoms with Gasteiger partial charge in [0.05, 0.1) is 5.56 Å². The number of rotatable bonds is 3. The second-order valence-corrected chi connectivity index (χ2v) is 7.03. The fraction of sp³-hybridized carbons (Fsp3) is 0.250. The quantitative estimate of drug-likeness (QED) is 0.941. The van der Waals surface area contributed by atoms with Gasteiger partial charge in [-0.1, -0.05) is 35.0 Å². The van der Waals surface area contributed by atoms with E-state index in [0.717, 1.165) is 6.26 Å². The van der Waals surface area contributed by atoms with E-state index in [2.05, 4.69) is 5.16 Å². The number of nitrogens with zero attached hydrogens (tertiary/aromatic N) is 1. The van der Waals surface area contributed by atoms with E-state index >= 15 is 0 Å². The molecule has 5 nitrogen and oxygen atoms in total. The van der Waals surface area contributed by atoms with Gasteiger partial charge in [0.25, 0.3) is 0 Å². The van der Waals surface area contributed by atoms with Crippen molar-refractivity contribution in [3.63, 3.8) is 0 Å². The molecule has 0 aliphatic carbocycles. The zero-order valence-corrected chi connectivity index (χ0v) is 12.0. The molecular formula is C12H13ClN2O3S. The van der Waals surface area contributed by atoms with Crippen molar-refractivity contribution in [3.8, 4) is 11.1 Å². The number of nitrogen functional groups attached to an aromatic ring is 1. The van der Waals surface area contributed by atoms with Gasteiger partial charge in [-0.25, -0.2) is 8.42 Å². The molecule has 0 aliphatic rings. The molecule has 0 radical (unpaired) electrons. The fourth-order valence-electron chi connectivity index (χ4n) is 1.73. The van der Waals surface area contributed by atoms with E-state index in [1.807, 2.05) is 0 Å². The Hall–Kier alpha value is -1.53. The van der Waals surface area contributed by atoms with Gasteiger partial charge < -0.3 is 10.3 Å². The number of hydrogen-bond acceptors (Lipinski definition) is 5. The SMILES string of the molecule is CC(c1noc(N)c1-c1ccccc1Cl)S(C)(=O)=O. The molecule has 2 rings (SSSR count). The maximum atomic E-state index is 11.7. The van der Waals surface area contributed by atoms with E-state index in [1.54, 1.807) is 24.3 Å². The second kappa shape index (κ2) is 4.86. The molecule has 1 atom stereocenters. The van der Waals surface area contributed by atoms with E-state index < -0.39 is 15.1 Å². The average molecular weight is 301 g/mol. The Kier molecular flexibility index (Phi) is 3.56. The maximum absolute atomic E-state index is 11.7. The molecule has 2 aromatic rings. The highest BCUT2D eigenvalue weighted by atomic mass is 35.5. The number of halogens is 1. The van der Waals surface area contributed by atoms with Gasteiger partial charge in [-0.2, -0.15) is 0 Å². The molecule has 0 spiro atoms. The molecule has 0 fully saturated rings. The van der Waals surface area contributed by atoms with Crippen LogP contribution in [0.15, 0.2) is 28.8 Å². The van der Waals surface area contributed by atoms with Gasteiger partial charge in [0.2, 0.25) is 5.88 Å². The van der Waals surface area contributed by atoms with Gasteiger partial charge >= 0.3 is 0 Å². The molecule has 19 heavy (non-hydrogen) atoms. The predicted octanol–water partition coefficient (Wildman–Crippen LogP) is 2.68. The highest BCUT2D eigenvalue weighted by molar-refractivity contribution is 7.90. The Morgan fingerprint density at radius 2 is 2.00 bits per heavy atom. The van der Waals surface area contributed by atoms with E-state index in [1.165, 1.54) is 6.92 Å². The summed E-state index contributed by atoms with van der Waals surface area (Å²) in [4.78, 5) is 0. The Balaban J connectivity index is 2.66. The third-order valence-electron chi connectivity index (χ3n) is 2.92. The van der Waals surface area contributed by atoms with Crippen molar-refractivity contribution in [2.24, 2.45) is 0 Å². The van der Waals surface area contributed by atoms with Crippen LogP contribution >= 0.6 is 11.6 Å². The van der Waals surface area contributed by atoms with Crippen LogP contribution in [0, 0.1) is 0 Å². The van der Waals surface area contributed by atoms with E-state index in [0.29, 0.717) is 16.1 Å². The molecule has 1 heterocycles. The molecule has 0 bridgehead atoms. The monoisotopic (exact) mass is 300 g/mol. The molecule has 1 unspecified atom stereocenters. The predicted molar refractivity (Wildman–Crippen MR) is 74.6 cm³/mol. The van der Waals surface area contributed by atoms with Gasteiger partial charge in [-0.15, -0.1) is 0 Å². The van der Waals surface area contributed by atoms with Crippen molar-refractivity contribution in [2.45, 2.75) is 12.2 Å². The van der Waals surface area contributed by atoms with Crippen LogP contribution in [0.1, 0.15) is 17.9 Å². The van der Waals surface area contributed by atoms with Crippen molar-refractivity contribution in [3.05, 3.63) is 35.0 Å². The molecule has 1 aromatic carbocycles. The molecule has 0 saturated heterocycles. The van der Waals surface area contributed by atoms with Crippen LogP contribution in [-0.2, 0) is 9.84 Å². The van der Waals surface area contributed by atoms with Crippen molar-refractivity contribution in [1.29, 1.82) is 0 Å². The highest BCUT2D eigenvalue weighted by Crippen LogP contribution is 2.38. The van der Waals surface area contributed by atoms with Crippen molar-refractivity contribution in [2.75, 3.05) is 12.0 Å². The van der Waals surface area contributed by atoms with Crippen LogP contribution in [0.25, 0.3) is 11.1 Å². The normalized spacial score (nSPS) is 13.4. The van der Waals surface area contributed by atoms with Gasteiger partial charge in [-0.3, -0.25) is 0 Å². The summed E-state index contributed by atoms with van der Waals surface area (Å²) in [6, 6.07) is 6.99. The van der Waals surface area contributed by atoms with E-state index in [9.17, 15) is 8.42 Å². The molecule has 2 N–H and O–H groups in total. The summed E-state index contributed by atoms with van der Waals surface area (Å²) in [6.45, 7) is 1.53. The number of aromatic nitrogens is 1. The molecular weight excluding hydrogens is 288 g/mol. The minimum Gasteiger partial charge on any atom is -0.367 e. The van der Waals surface area contributed by atoms with Crippen LogP contribution in [0.5, 0.6) is 0 Å². The van der Waals surface area contributed by atoms with E-state index in [-0.39, 0.29) is 11.6 Å². The zero-order chi connectivity index (χ0) is 14.2. The summed E-state index contributed by atoms with van der Waals surface area (Å²) < 4.78 is 28.2. The summed E-state index contributed by atoms with van der Waals surface area (Å²) >= 11 is 6.10. The third-order valence-corrected chi connectivity index (χ3v) is 4.75. The summed E-state index contributed by atoms with van der Waals surface area (Å²) in [5, 5.41) is 3.40. The number of benzene rings is 1. The molecule has 0 aliphatic heterocycles. The first kappa shape index (κ1) is 13.9. The van der Waals surface area contributed by atoms with Crippen LogP contribution in [0.2, 0.25) is 5.02 Å². The lowest BCUT2D eigenvalue weighted by atomic mass is 10.0. The molecule has 7 heteroatoms. The largest absolute Gasteiger partial charge is 0.367 e. The number of nitrogens with two attached hydrogens (primary N) is 1. The van der Waals surface area contributed by atoms with Crippen LogP contribution in [-0.4, -0.2) is 19.8 Å². The van der Waals surface area contributed by atoms with Gasteiger partial charge in [-0.05, 0) is 13.0 Å². The average Bonchev–Trinajstić information content (AvgIpc) is 2.69. The molecule has 102 valence electrons. The lowest BCUT2D eigenvalue weighted by molar-refractivity contribution is 0.427. The van der Waals surface area contributed by atoms with Crippen molar-refractivity contribution < 1.29 is 12.9 Å². The lowest BCUT2D eigenvalue weighted by Gasteiger charge is -2.09. The molecule has 1 aromatic heterocycles. The van der Waals surface area contributed by atoms with Gasteiger partial charge in [0.15, 0.2) is 9.84 Å². The Labute approximate surface area is 116 Å². The molecule has 0 saturated carbocycles. The molecule has 0 amide bonds. The van der Waals surface area contributed by atoms with Crippen LogP contribution < -0.4 is 5.73 Å². The van der Waals surface area contributed by atoms with Gasteiger partial charge in [0, 0.05) is 16.8 Å². The Morgan fingerprint density at radius 3 is 2.58 bits per heavy atom. The van der Waals surface area contributed by atoms with Crippen LogP contribution in [0.3, 0.4) is 0 Å². The second-order valence-electron chi connectivity index (χ2n) is 4.26.